The lowest BCUT2D eigenvalue weighted by atomic mass is 10.0. The van der Waals surface area contributed by atoms with Crippen molar-refractivity contribution >= 4 is 50.0 Å². The van der Waals surface area contributed by atoms with Crippen LogP contribution in [0.4, 0.5) is 0 Å². The highest BCUT2D eigenvalue weighted by molar-refractivity contribution is 7.90. The number of aromatic amines is 1. The molecular formula is C25H22Cl2N2O5S. The molecule has 10 heteroatoms. The van der Waals surface area contributed by atoms with Crippen LogP contribution in [-0.2, 0) is 16.4 Å². The third-order valence-corrected chi connectivity index (χ3v) is 7.57. The average Bonchev–Trinajstić information content (AvgIpc) is 3.14. The maximum atomic E-state index is 12.9. The summed E-state index contributed by atoms with van der Waals surface area (Å²) < 4.78 is 38.2. The summed E-state index contributed by atoms with van der Waals surface area (Å²) in [6.45, 7) is 1.93. The Labute approximate surface area is 213 Å². The molecule has 4 rings (SSSR count). The second-order valence-corrected chi connectivity index (χ2v) is 10.4. The maximum absolute atomic E-state index is 12.9. The number of H-pyrrole nitrogens is 1. The summed E-state index contributed by atoms with van der Waals surface area (Å²) in [5, 5.41) is 1.88. The molecule has 182 valence electrons. The highest BCUT2D eigenvalue weighted by Crippen LogP contribution is 2.31. The van der Waals surface area contributed by atoms with Gasteiger partial charge in [0.05, 0.1) is 19.1 Å². The highest BCUT2D eigenvalue weighted by atomic mass is 35.5. The van der Waals surface area contributed by atoms with E-state index >= 15 is 0 Å². The summed E-state index contributed by atoms with van der Waals surface area (Å²) in [7, 11) is -1.31. The highest BCUT2D eigenvalue weighted by Gasteiger charge is 2.22. The number of hydrogen-bond donors (Lipinski definition) is 2. The van der Waals surface area contributed by atoms with Crippen molar-refractivity contribution in [2.45, 2.75) is 18.2 Å². The molecule has 0 aliphatic carbocycles. The number of carbonyl (C=O) groups excluding carboxylic acids is 1. The van der Waals surface area contributed by atoms with Gasteiger partial charge in [-0.25, -0.2) is 13.1 Å². The number of aryl methyl sites for hydroxylation is 1. The van der Waals surface area contributed by atoms with Crippen LogP contribution >= 0.6 is 23.2 Å². The van der Waals surface area contributed by atoms with Crippen LogP contribution in [0, 0.1) is 6.92 Å². The van der Waals surface area contributed by atoms with Gasteiger partial charge in [-0.05, 0) is 60.5 Å². The van der Waals surface area contributed by atoms with Crippen LogP contribution in [0.2, 0.25) is 10.0 Å². The molecule has 0 fully saturated rings. The Morgan fingerprint density at radius 2 is 1.71 bits per heavy atom. The van der Waals surface area contributed by atoms with Crippen LogP contribution in [0.25, 0.3) is 10.9 Å². The van der Waals surface area contributed by atoms with Gasteiger partial charge in [-0.2, -0.15) is 0 Å². The summed E-state index contributed by atoms with van der Waals surface area (Å²) in [5.41, 5.74) is 3.76. The van der Waals surface area contributed by atoms with E-state index in [0.29, 0.717) is 22.2 Å². The lowest BCUT2D eigenvalue weighted by Crippen LogP contribution is -2.30. The number of rotatable bonds is 7. The summed E-state index contributed by atoms with van der Waals surface area (Å²) in [6, 6.07) is 14.4. The van der Waals surface area contributed by atoms with Gasteiger partial charge in [0.1, 0.15) is 0 Å². The molecule has 0 atom stereocenters. The molecule has 7 nitrogen and oxygen atoms in total. The molecular weight excluding hydrogens is 511 g/mol. The van der Waals surface area contributed by atoms with Gasteiger partial charge in [0.2, 0.25) is 0 Å². The first kappa shape index (κ1) is 24.9. The quantitative estimate of drug-likeness (QED) is 0.327. The fourth-order valence-corrected chi connectivity index (χ4v) is 5.29. The van der Waals surface area contributed by atoms with Crippen molar-refractivity contribution in [1.82, 2.24) is 9.71 Å². The zero-order valence-corrected chi connectivity index (χ0v) is 21.4. The zero-order chi connectivity index (χ0) is 25.3. The van der Waals surface area contributed by atoms with Gasteiger partial charge in [-0.15, -0.1) is 0 Å². The van der Waals surface area contributed by atoms with E-state index in [-0.39, 0.29) is 16.2 Å². The number of halogens is 2. The van der Waals surface area contributed by atoms with Gasteiger partial charge < -0.3 is 14.5 Å². The summed E-state index contributed by atoms with van der Waals surface area (Å²) in [5.74, 6) is -0.145. The molecule has 0 saturated carbocycles. The lowest BCUT2D eigenvalue weighted by Gasteiger charge is -2.11. The fourth-order valence-electron chi connectivity index (χ4n) is 3.83. The number of aromatic nitrogens is 1. The van der Waals surface area contributed by atoms with Gasteiger partial charge in [0.15, 0.2) is 11.5 Å². The molecule has 3 aromatic carbocycles. The molecule has 0 aliphatic heterocycles. The summed E-state index contributed by atoms with van der Waals surface area (Å²) in [6.07, 6.45) is 0.511. The van der Waals surface area contributed by atoms with E-state index in [1.54, 1.807) is 30.3 Å². The Bertz CT molecular complexity index is 1550. The molecule has 35 heavy (non-hydrogen) atoms. The molecule has 0 aliphatic rings. The van der Waals surface area contributed by atoms with E-state index in [9.17, 15) is 13.2 Å². The number of hydrogen-bond acceptors (Lipinski definition) is 5. The largest absolute Gasteiger partial charge is 0.493 e. The fraction of sp³-hybridized carbons (Fsp3) is 0.160. The number of fused-ring (bicyclic) bond motifs is 1. The van der Waals surface area contributed by atoms with Crippen molar-refractivity contribution in [2.24, 2.45) is 0 Å². The second-order valence-electron chi connectivity index (χ2n) is 7.85. The van der Waals surface area contributed by atoms with Gasteiger partial charge in [0.25, 0.3) is 15.9 Å². The SMILES string of the molecule is COc1ccc(S(=O)(=O)NC(=O)c2ccc3[nH]c(C)c(Cc4ccc(Cl)cc4Cl)c3c2)cc1OC. The Morgan fingerprint density at radius 3 is 2.40 bits per heavy atom. The van der Waals surface area contributed by atoms with Crippen molar-refractivity contribution in [3.63, 3.8) is 0 Å². The first-order chi connectivity index (χ1) is 16.6. The summed E-state index contributed by atoms with van der Waals surface area (Å²) >= 11 is 12.4. The number of carbonyl (C=O) groups is 1. The molecule has 1 amide bonds. The first-order valence-corrected chi connectivity index (χ1v) is 12.7. The van der Waals surface area contributed by atoms with Crippen molar-refractivity contribution in [3.8, 4) is 11.5 Å². The zero-order valence-electron chi connectivity index (χ0n) is 19.1. The Balaban J connectivity index is 1.65. The van der Waals surface area contributed by atoms with Crippen LogP contribution in [0.15, 0.2) is 59.5 Å². The molecule has 4 aromatic rings. The topological polar surface area (TPSA) is 97.5 Å². The summed E-state index contributed by atoms with van der Waals surface area (Å²) in [4.78, 5) is 16.1. The van der Waals surface area contributed by atoms with Crippen LogP contribution in [0.5, 0.6) is 11.5 Å². The van der Waals surface area contributed by atoms with Crippen molar-refractivity contribution in [3.05, 3.63) is 87.0 Å². The number of nitrogens with one attached hydrogen (secondary N) is 2. The van der Waals surface area contributed by atoms with E-state index < -0.39 is 15.9 Å². The van der Waals surface area contributed by atoms with E-state index in [4.69, 9.17) is 32.7 Å². The first-order valence-electron chi connectivity index (χ1n) is 10.5. The molecule has 0 saturated heterocycles. The van der Waals surface area contributed by atoms with E-state index in [1.165, 1.54) is 32.4 Å². The van der Waals surface area contributed by atoms with Gasteiger partial charge in [0, 0.05) is 44.7 Å². The Kier molecular flexibility index (Phi) is 6.98. The molecule has 1 heterocycles. The van der Waals surface area contributed by atoms with Crippen LogP contribution in [0.1, 0.15) is 27.2 Å². The molecule has 2 N–H and O–H groups in total. The third-order valence-electron chi connectivity index (χ3n) is 5.66. The second kappa shape index (κ2) is 9.81. The van der Waals surface area contributed by atoms with Crippen molar-refractivity contribution < 1.29 is 22.7 Å². The van der Waals surface area contributed by atoms with Crippen LogP contribution in [0.3, 0.4) is 0 Å². The van der Waals surface area contributed by atoms with E-state index in [0.717, 1.165) is 27.7 Å². The number of benzene rings is 3. The minimum absolute atomic E-state index is 0.125. The molecule has 1 aromatic heterocycles. The monoisotopic (exact) mass is 532 g/mol. The predicted octanol–water partition coefficient (Wildman–Crippen LogP) is 5.51. The van der Waals surface area contributed by atoms with E-state index in [2.05, 4.69) is 9.71 Å². The van der Waals surface area contributed by atoms with Gasteiger partial charge in [-0.1, -0.05) is 29.3 Å². The number of amides is 1. The Hall–Kier alpha value is -3.20. The van der Waals surface area contributed by atoms with Gasteiger partial charge in [-0.3, -0.25) is 4.79 Å². The van der Waals surface area contributed by atoms with Crippen molar-refractivity contribution in [1.29, 1.82) is 0 Å². The Morgan fingerprint density at radius 1 is 0.971 bits per heavy atom. The molecule has 0 radical (unpaired) electrons. The lowest BCUT2D eigenvalue weighted by molar-refractivity contribution is 0.0981. The van der Waals surface area contributed by atoms with Crippen molar-refractivity contribution in [2.75, 3.05) is 14.2 Å². The molecule has 0 spiro atoms. The maximum Gasteiger partial charge on any atom is 0.265 e. The number of methoxy groups -OCH3 is 2. The van der Waals surface area contributed by atoms with Crippen LogP contribution in [-0.4, -0.2) is 33.5 Å². The molecule has 0 bridgehead atoms. The average molecular weight is 533 g/mol. The number of ether oxygens (including phenoxy) is 2. The standard InChI is InChI=1S/C25H22Cl2N2O5S/c1-14-19(10-15-4-6-17(26)12-21(15)27)20-11-16(5-8-22(20)28-14)25(30)29-35(31,32)18-7-9-23(33-2)24(13-18)34-3/h4-9,11-13,28H,10H2,1-3H3,(H,29,30). The molecule has 0 unspecified atom stereocenters. The smallest absolute Gasteiger partial charge is 0.265 e. The number of sulfonamides is 1. The van der Waals surface area contributed by atoms with Gasteiger partial charge >= 0.3 is 0 Å². The predicted molar refractivity (Wildman–Crippen MR) is 137 cm³/mol. The van der Waals surface area contributed by atoms with E-state index in [1.807, 2.05) is 13.0 Å². The van der Waals surface area contributed by atoms with Crippen LogP contribution < -0.4 is 14.2 Å². The third kappa shape index (κ3) is 5.10. The normalized spacial score (nSPS) is 11.5. The minimum atomic E-state index is -4.15. The minimum Gasteiger partial charge on any atom is -0.493 e.